The molecule has 1 saturated heterocycles. The molecule has 2 atom stereocenters. The molecule has 2 heterocycles. The minimum absolute atomic E-state index is 0.165. The van der Waals surface area contributed by atoms with Crippen molar-refractivity contribution in [3.63, 3.8) is 0 Å². The van der Waals surface area contributed by atoms with Gasteiger partial charge in [0.05, 0.1) is 18.4 Å². The second kappa shape index (κ2) is 10.0. The Hall–Kier alpha value is -3.45. The molecule has 7 heteroatoms. The summed E-state index contributed by atoms with van der Waals surface area (Å²) in [6.07, 6.45) is 3.99. The zero-order valence-electron chi connectivity index (χ0n) is 19.3. The number of ether oxygens (including phenoxy) is 1. The van der Waals surface area contributed by atoms with Gasteiger partial charge in [0.1, 0.15) is 6.04 Å². The van der Waals surface area contributed by atoms with Crippen molar-refractivity contribution in [3.05, 3.63) is 83.7 Å². The minimum atomic E-state index is -0.397. The number of methoxy groups -OCH3 is 1. The minimum Gasteiger partial charge on any atom is -0.468 e. The highest BCUT2D eigenvalue weighted by Crippen LogP contribution is 2.24. The van der Waals surface area contributed by atoms with Crippen molar-refractivity contribution in [1.82, 2.24) is 20.0 Å². The van der Waals surface area contributed by atoms with E-state index in [4.69, 9.17) is 4.74 Å². The molecule has 4 rings (SSSR count). The molecule has 7 nitrogen and oxygen atoms in total. The Morgan fingerprint density at radius 3 is 2.55 bits per heavy atom. The molecule has 3 aromatic rings. The second-order valence-electron chi connectivity index (χ2n) is 8.74. The van der Waals surface area contributed by atoms with Gasteiger partial charge >= 0.3 is 5.97 Å². The molecule has 33 heavy (non-hydrogen) atoms. The summed E-state index contributed by atoms with van der Waals surface area (Å²) in [5, 5.41) is 7.37. The number of hydrogen-bond donors (Lipinski definition) is 1. The van der Waals surface area contributed by atoms with Crippen LogP contribution in [0.25, 0.3) is 5.69 Å². The molecular formula is C26H30N4O3. The summed E-state index contributed by atoms with van der Waals surface area (Å²) in [5.41, 5.74) is 3.66. The number of benzene rings is 2. The Bertz CT molecular complexity index is 1090. The van der Waals surface area contributed by atoms with E-state index in [9.17, 15) is 9.59 Å². The molecule has 0 bridgehead atoms. The van der Waals surface area contributed by atoms with E-state index in [2.05, 4.69) is 53.4 Å². The van der Waals surface area contributed by atoms with Gasteiger partial charge < -0.3 is 10.1 Å². The largest absolute Gasteiger partial charge is 0.468 e. The van der Waals surface area contributed by atoms with E-state index in [1.807, 2.05) is 24.3 Å². The highest BCUT2D eigenvalue weighted by atomic mass is 16.5. The number of esters is 1. The van der Waals surface area contributed by atoms with Crippen LogP contribution in [0.4, 0.5) is 0 Å². The number of hydrogen-bond acceptors (Lipinski definition) is 5. The number of likely N-dealkylation sites (tertiary alicyclic amines) is 1. The fourth-order valence-corrected chi connectivity index (χ4v) is 4.35. The normalized spacial score (nSPS) is 18.4. The van der Waals surface area contributed by atoms with Crippen LogP contribution < -0.4 is 5.32 Å². The molecular weight excluding hydrogens is 416 g/mol. The van der Waals surface area contributed by atoms with Gasteiger partial charge in [0.15, 0.2) is 0 Å². The van der Waals surface area contributed by atoms with Gasteiger partial charge in [-0.05, 0) is 41.7 Å². The van der Waals surface area contributed by atoms with Crippen molar-refractivity contribution in [1.29, 1.82) is 0 Å². The molecule has 0 spiro atoms. The molecule has 1 aromatic heterocycles. The number of para-hydroxylation sites is 1. The van der Waals surface area contributed by atoms with Crippen LogP contribution >= 0.6 is 0 Å². The summed E-state index contributed by atoms with van der Waals surface area (Å²) in [6, 6.07) is 17.1. The smallest absolute Gasteiger partial charge is 0.323 e. The zero-order valence-corrected chi connectivity index (χ0v) is 19.3. The van der Waals surface area contributed by atoms with E-state index in [0.717, 1.165) is 5.56 Å². The topological polar surface area (TPSA) is 76.5 Å². The number of carbonyl (C=O) groups is 2. The highest BCUT2D eigenvalue weighted by molar-refractivity contribution is 5.98. The van der Waals surface area contributed by atoms with E-state index in [-0.39, 0.29) is 17.9 Å². The summed E-state index contributed by atoms with van der Waals surface area (Å²) in [4.78, 5) is 27.7. The average molecular weight is 447 g/mol. The SMILES string of the molecule is COC(=O)[C@@H]1C[C@H](NC(=O)c2ccccc2-n2cccn2)CN1Cc1ccc(C(C)C)cc1. The molecule has 1 N–H and O–H groups in total. The number of carbonyl (C=O) groups excluding carboxylic acids is 2. The maximum absolute atomic E-state index is 13.1. The first kappa shape index (κ1) is 22.7. The number of rotatable bonds is 7. The lowest BCUT2D eigenvalue weighted by Crippen LogP contribution is -2.38. The number of nitrogens with one attached hydrogen (secondary N) is 1. The van der Waals surface area contributed by atoms with Crippen LogP contribution in [-0.2, 0) is 16.1 Å². The molecule has 172 valence electrons. The van der Waals surface area contributed by atoms with Crippen LogP contribution in [0.15, 0.2) is 67.0 Å². The summed E-state index contributed by atoms with van der Waals surface area (Å²) in [7, 11) is 1.41. The fourth-order valence-electron chi connectivity index (χ4n) is 4.35. The lowest BCUT2D eigenvalue weighted by Gasteiger charge is -2.22. The predicted octanol–water partition coefficient (Wildman–Crippen LogP) is 3.54. The van der Waals surface area contributed by atoms with Crippen molar-refractivity contribution in [2.45, 2.75) is 44.8 Å². The van der Waals surface area contributed by atoms with Crippen molar-refractivity contribution >= 4 is 11.9 Å². The molecule has 0 unspecified atom stereocenters. The average Bonchev–Trinajstić information content (AvgIpc) is 3.49. The Morgan fingerprint density at radius 1 is 1.12 bits per heavy atom. The Morgan fingerprint density at radius 2 is 1.88 bits per heavy atom. The predicted molar refractivity (Wildman–Crippen MR) is 126 cm³/mol. The van der Waals surface area contributed by atoms with E-state index in [1.165, 1.54) is 12.7 Å². The lowest BCUT2D eigenvalue weighted by molar-refractivity contribution is -0.146. The maximum Gasteiger partial charge on any atom is 0.323 e. The second-order valence-corrected chi connectivity index (χ2v) is 8.74. The number of aromatic nitrogens is 2. The molecule has 1 amide bonds. The third-order valence-electron chi connectivity index (χ3n) is 6.14. The monoisotopic (exact) mass is 446 g/mol. The first-order valence-corrected chi connectivity index (χ1v) is 11.3. The Balaban J connectivity index is 1.48. The molecule has 1 fully saturated rings. The van der Waals surface area contributed by atoms with Crippen LogP contribution in [0.5, 0.6) is 0 Å². The summed E-state index contributed by atoms with van der Waals surface area (Å²) >= 11 is 0. The first-order valence-electron chi connectivity index (χ1n) is 11.3. The van der Waals surface area contributed by atoms with E-state index in [1.54, 1.807) is 23.1 Å². The van der Waals surface area contributed by atoms with Gasteiger partial charge in [0.25, 0.3) is 5.91 Å². The van der Waals surface area contributed by atoms with Crippen molar-refractivity contribution in [2.24, 2.45) is 0 Å². The fraction of sp³-hybridized carbons (Fsp3) is 0.346. The van der Waals surface area contributed by atoms with Crippen LogP contribution in [0.2, 0.25) is 0 Å². The third kappa shape index (κ3) is 5.14. The van der Waals surface area contributed by atoms with Crippen molar-refractivity contribution < 1.29 is 14.3 Å². The van der Waals surface area contributed by atoms with Crippen LogP contribution in [0.1, 0.15) is 47.7 Å². The molecule has 0 aliphatic carbocycles. The molecule has 1 aliphatic heterocycles. The summed E-state index contributed by atoms with van der Waals surface area (Å²) in [6.45, 7) is 5.52. The highest BCUT2D eigenvalue weighted by Gasteiger charge is 2.38. The van der Waals surface area contributed by atoms with E-state index in [0.29, 0.717) is 36.7 Å². The van der Waals surface area contributed by atoms with Gasteiger partial charge in [-0.15, -0.1) is 0 Å². The van der Waals surface area contributed by atoms with Gasteiger partial charge in [-0.1, -0.05) is 50.2 Å². The number of amides is 1. The van der Waals surface area contributed by atoms with Gasteiger partial charge in [0, 0.05) is 31.5 Å². The van der Waals surface area contributed by atoms with Crippen LogP contribution in [0.3, 0.4) is 0 Å². The zero-order chi connectivity index (χ0) is 23.4. The van der Waals surface area contributed by atoms with Crippen molar-refractivity contribution in [2.75, 3.05) is 13.7 Å². The quantitative estimate of drug-likeness (QED) is 0.562. The molecule has 1 aliphatic rings. The van der Waals surface area contributed by atoms with Gasteiger partial charge in [-0.3, -0.25) is 14.5 Å². The van der Waals surface area contributed by atoms with E-state index >= 15 is 0 Å². The van der Waals surface area contributed by atoms with Gasteiger partial charge in [0.2, 0.25) is 0 Å². The Kier molecular flexibility index (Phi) is 6.89. The molecule has 2 aromatic carbocycles. The van der Waals surface area contributed by atoms with Gasteiger partial charge in [-0.2, -0.15) is 5.10 Å². The Labute approximate surface area is 194 Å². The lowest BCUT2D eigenvalue weighted by atomic mass is 10.0. The van der Waals surface area contributed by atoms with E-state index < -0.39 is 6.04 Å². The summed E-state index contributed by atoms with van der Waals surface area (Å²) in [5.74, 6) is 0.0122. The molecule has 0 radical (unpaired) electrons. The summed E-state index contributed by atoms with van der Waals surface area (Å²) < 4.78 is 6.73. The van der Waals surface area contributed by atoms with Gasteiger partial charge in [-0.25, -0.2) is 4.68 Å². The maximum atomic E-state index is 13.1. The van der Waals surface area contributed by atoms with Crippen LogP contribution in [-0.4, -0.2) is 52.3 Å². The molecule has 0 saturated carbocycles. The number of nitrogens with zero attached hydrogens (tertiary/aromatic N) is 3. The standard InChI is InChI=1S/C26H30N4O3/c1-18(2)20-11-9-19(10-12-20)16-29-17-21(15-24(29)26(32)33-3)28-25(31)22-7-4-5-8-23(22)30-14-6-13-27-30/h4-14,18,21,24H,15-17H2,1-3H3,(H,28,31)/t21-,24-/m0/s1. The van der Waals surface area contributed by atoms with Crippen LogP contribution in [0, 0.1) is 0 Å². The first-order chi connectivity index (χ1) is 16.0. The third-order valence-corrected chi connectivity index (χ3v) is 6.14. The van der Waals surface area contributed by atoms with Crippen molar-refractivity contribution in [3.8, 4) is 5.69 Å².